The molecule has 0 amide bonds. The van der Waals surface area contributed by atoms with Crippen molar-refractivity contribution in [2.24, 2.45) is 0 Å². The van der Waals surface area contributed by atoms with Crippen molar-refractivity contribution in [1.82, 2.24) is 0 Å². The minimum absolute atomic E-state index is 0.129. The molecule has 0 spiro atoms. The Morgan fingerprint density at radius 3 is 1.36 bits per heavy atom. The maximum atomic E-state index is 11.1. The molecule has 0 unspecified atom stereocenters. The van der Waals surface area contributed by atoms with Crippen molar-refractivity contribution >= 4 is 22.9 Å². The molecule has 0 saturated carbocycles. The highest BCUT2D eigenvalue weighted by Crippen LogP contribution is 2.38. The third kappa shape index (κ3) is 5.97. The molecule has 0 bridgehead atoms. The van der Waals surface area contributed by atoms with Gasteiger partial charge in [-0.3, -0.25) is 4.79 Å². The number of ether oxygens (including phenoxy) is 2. The van der Waals surface area contributed by atoms with Crippen molar-refractivity contribution in [3.8, 4) is 0 Å². The van der Waals surface area contributed by atoms with E-state index in [-0.39, 0.29) is 22.3 Å². The first-order valence-corrected chi connectivity index (χ1v) is 15.0. The zero-order chi connectivity index (χ0) is 19.7. The highest BCUT2D eigenvalue weighted by atomic mass is 28.4. The monoisotopic (exact) mass is 390 g/mol. The van der Waals surface area contributed by atoms with Crippen molar-refractivity contribution in [3.05, 3.63) is 0 Å². The average Bonchev–Trinajstić information content (AvgIpc) is 2.83. The van der Waals surface area contributed by atoms with Crippen LogP contribution in [0.2, 0.25) is 36.3 Å². The molecule has 7 heteroatoms. The molecule has 1 aliphatic rings. The quantitative estimate of drug-likeness (QED) is 0.478. The first-order chi connectivity index (χ1) is 11.1. The highest BCUT2D eigenvalue weighted by Gasteiger charge is 2.43. The van der Waals surface area contributed by atoms with Crippen LogP contribution in [0.5, 0.6) is 0 Å². The summed E-state index contributed by atoms with van der Waals surface area (Å²) in [5, 5.41) is 0.257. The van der Waals surface area contributed by atoms with Gasteiger partial charge in [0.2, 0.25) is 6.29 Å². The van der Waals surface area contributed by atoms with Crippen molar-refractivity contribution in [1.29, 1.82) is 0 Å². The molecule has 0 N–H and O–H groups in total. The molecule has 0 aromatic rings. The van der Waals surface area contributed by atoms with Gasteiger partial charge in [0.1, 0.15) is 12.2 Å². The molecule has 0 aliphatic carbocycles. The van der Waals surface area contributed by atoms with Crippen molar-refractivity contribution < 1.29 is 23.1 Å². The highest BCUT2D eigenvalue weighted by molar-refractivity contribution is 6.74. The molecule has 148 valence electrons. The maximum absolute atomic E-state index is 11.1. The van der Waals surface area contributed by atoms with Gasteiger partial charge in [-0.1, -0.05) is 41.5 Å². The Hall–Kier alpha value is -0.0562. The summed E-state index contributed by atoms with van der Waals surface area (Å²) in [7, 11) is -3.76. The molecule has 5 nitrogen and oxygen atoms in total. The standard InChI is InChI=1S/C18H38O5Si2/c1-17(2,3)24(7,8)20-12-14-15(23-16(11-19)22-14)13-21-25(9,10)18(4,5)6/h11,14-16H,12-13H2,1-10H3/t14-,15-/m0/s1. The van der Waals surface area contributed by atoms with Gasteiger partial charge >= 0.3 is 0 Å². The molecule has 0 radical (unpaired) electrons. The predicted octanol–water partition coefficient (Wildman–Crippen LogP) is 4.34. The SMILES string of the molecule is CC(C)(C)[Si](C)(C)OC[C@@H]1OC(C=O)O[C@H]1CO[Si](C)(C)C(C)(C)C. The summed E-state index contributed by atoms with van der Waals surface area (Å²) in [5.41, 5.74) is 0. The summed E-state index contributed by atoms with van der Waals surface area (Å²) < 4.78 is 24.0. The van der Waals surface area contributed by atoms with E-state index >= 15 is 0 Å². The lowest BCUT2D eigenvalue weighted by atomic mass is 10.2. The Morgan fingerprint density at radius 1 is 0.800 bits per heavy atom. The summed E-state index contributed by atoms with van der Waals surface area (Å²) in [4.78, 5) is 11.1. The largest absolute Gasteiger partial charge is 0.414 e. The fraction of sp³-hybridized carbons (Fsp3) is 0.944. The lowest BCUT2D eigenvalue weighted by Gasteiger charge is -2.38. The summed E-state index contributed by atoms with van der Waals surface area (Å²) in [5.74, 6) is 0. The van der Waals surface area contributed by atoms with Gasteiger partial charge in [0.15, 0.2) is 22.9 Å². The number of hydrogen-bond donors (Lipinski definition) is 0. The van der Waals surface area contributed by atoms with Crippen molar-refractivity contribution in [3.63, 3.8) is 0 Å². The Kier molecular flexibility index (Phi) is 7.26. The van der Waals surface area contributed by atoms with Crippen LogP contribution in [0.15, 0.2) is 0 Å². The lowest BCUT2D eigenvalue weighted by molar-refractivity contribution is -0.135. The van der Waals surface area contributed by atoms with Gasteiger partial charge in [0, 0.05) is 0 Å². The van der Waals surface area contributed by atoms with Gasteiger partial charge in [0.05, 0.1) is 13.2 Å². The van der Waals surface area contributed by atoms with Crippen molar-refractivity contribution in [2.45, 2.75) is 96.3 Å². The Labute approximate surface area is 156 Å². The number of aldehydes is 1. The topological polar surface area (TPSA) is 54.0 Å². The van der Waals surface area contributed by atoms with Crippen LogP contribution in [-0.2, 0) is 23.1 Å². The zero-order valence-corrected chi connectivity index (χ0v) is 19.8. The summed E-state index contributed by atoms with van der Waals surface area (Å²) >= 11 is 0. The Balaban J connectivity index is 2.72. The minimum Gasteiger partial charge on any atom is -0.414 e. The van der Waals surface area contributed by atoms with Crippen LogP contribution >= 0.6 is 0 Å². The molecule has 0 aromatic carbocycles. The van der Waals surface area contributed by atoms with E-state index in [1.165, 1.54) is 0 Å². The smallest absolute Gasteiger partial charge is 0.215 e. The van der Waals surface area contributed by atoms with E-state index in [9.17, 15) is 4.79 Å². The van der Waals surface area contributed by atoms with Crippen LogP contribution in [0.3, 0.4) is 0 Å². The van der Waals surface area contributed by atoms with E-state index < -0.39 is 22.9 Å². The lowest BCUT2D eigenvalue weighted by Crippen LogP contribution is -2.46. The van der Waals surface area contributed by atoms with E-state index in [2.05, 4.69) is 67.7 Å². The van der Waals surface area contributed by atoms with E-state index in [0.29, 0.717) is 19.5 Å². The van der Waals surface area contributed by atoms with Gasteiger partial charge < -0.3 is 18.3 Å². The molecular weight excluding hydrogens is 352 g/mol. The second-order valence-electron chi connectivity index (χ2n) is 10.00. The Morgan fingerprint density at radius 2 is 1.12 bits per heavy atom. The maximum Gasteiger partial charge on any atom is 0.215 e. The van der Waals surface area contributed by atoms with Gasteiger partial charge in [-0.25, -0.2) is 0 Å². The summed E-state index contributed by atoms with van der Waals surface area (Å²) in [6.07, 6.45) is -0.657. The Bertz CT molecular complexity index is 413. The fourth-order valence-electron chi connectivity index (χ4n) is 1.92. The molecule has 1 fully saturated rings. The van der Waals surface area contributed by atoms with Gasteiger partial charge in [-0.2, -0.15) is 0 Å². The molecule has 1 heterocycles. The van der Waals surface area contributed by atoms with Crippen LogP contribution in [-0.4, -0.2) is 54.6 Å². The van der Waals surface area contributed by atoms with Crippen LogP contribution < -0.4 is 0 Å². The van der Waals surface area contributed by atoms with Gasteiger partial charge in [-0.15, -0.1) is 0 Å². The van der Waals surface area contributed by atoms with Gasteiger partial charge in [0.25, 0.3) is 0 Å². The number of rotatable bonds is 7. The molecule has 2 atom stereocenters. The van der Waals surface area contributed by atoms with E-state index in [4.69, 9.17) is 18.3 Å². The second-order valence-corrected chi connectivity index (χ2v) is 19.6. The van der Waals surface area contributed by atoms with E-state index in [1.54, 1.807) is 0 Å². The molecule has 1 saturated heterocycles. The zero-order valence-electron chi connectivity index (χ0n) is 17.8. The van der Waals surface area contributed by atoms with Gasteiger partial charge in [-0.05, 0) is 36.3 Å². The fourth-order valence-corrected chi connectivity index (χ4v) is 3.95. The van der Waals surface area contributed by atoms with Crippen molar-refractivity contribution in [2.75, 3.05) is 13.2 Å². The third-order valence-electron chi connectivity index (χ3n) is 5.97. The van der Waals surface area contributed by atoms with Crippen LogP contribution in [0.1, 0.15) is 41.5 Å². The second kappa shape index (κ2) is 7.90. The molecule has 0 aromatic heterocycles. The first kappa shape index (κ1) is 23.0. The molecule has 1 rings (SSSR count). The molecule has 25 heavy (non-hydrogen) atoms. The molecular formula is C18H38O5Si2. The molecule has 1 aliphatic heterocycles. The van der Waals surface area contributed by atoms with Crippen LogP contribution in [0.25, 0.3) is 0 Å². The van der Waals surface area contributed by atoms with E-state index in [0.717, 1.165) is 0 Å². The number of hydrogen-bond acceptors (Lipinski definition) is 5. The summed E-state index contributed by atoms with van der Waals surface area (Å²) in [6.45, 7) is 22.9. The van der Waals surface area contributed by atoms with Crippen LogP contribution in [0, 0.1) is 0 Å². The first-order valence-electron chi connectivity index (χ1n) is 9.15. The summed E-state index contributed by atoms with van der Waals surface area (Å²) in [6, 6.07) is 0. The predicted molar refractivity (Wildman–Crippen MR) is 106 cm³/mol. The minimum atomic E-state index is -1.88. The van der Waals surface area contributed by atoms with E-state index in [1.807, 2.05) is 0 Å². The average molecular weight is 391 g/mol. The van der Waals surface area contributed by atoms with Crippen LogP contribution in [0.4, 0.5) is 0 Å². The third-order valence-corrected chi connectivity index (χ3v) is 15.0. The normalized spacial score (nSPS) is 23.9. The number of carbonyl (C=O) groups excluding carboxylic acids is 1. The number of carbonyl (C=O) groups is 1.